The first-order valence-corrected chi connectivity index (χ1v) is 10.6. The predicted molar refractivity (Wildman–Crippen MR) is 125 cm³/mol. The number of halogens is 3. The molecule has 9 heteroatoms. The smallest absolute Gasteiger partial charge is 0.249 e. The standard InChI is InChI=1S/C23H18BrClFN3O3/c24-18-11-16(7-10-21(18)32-14-15-5-8-17(25)9-6-15)13-27-29-23(31)12-22(30)28-20-4-2-1-3-19(20)26/h1-11,13H,12,14H2,(H,28,30)(H,29,31). The van der Waals surface area contributed by atoms with Gasteiger partial charge in [-0.1, -0.05) is 35.9 Å². The molecule has 0 spiro atoms. The molecule has 3 aromatic carbocycles. The van der Waals surface area contributed by atoms with Gasteiger partial charge in [0.1, 0.15) is 24.6 Å². The van der Waals surface area contributed by atoms with Crippen LogP contribution >= 0.6 is 27.5 Å². The van der Waals surface area contributed by atoms with E-state index in [1.807, 2.05) is 12.1 Å². The lowest BCUT2D eigenvalue weighted by Crippen LogP contribution is -2.24. The van der Waals surface area contributed by atoms with Crippen LogP contribution in [-0.2, 0) is 16.2 Å². The molecule has 0 radical (unpaired) electrons. The molecule has 2 amide bonds. The molecule has 0 unspecified atom stereocenters. The summed E-state index contributed by atoms with van der Waals surface area (Å²) in [6.45, 7) is 0.383. The summed E-state index contributed by atoms with van der Waals surface area (Å²) in [7, 11) is 0. The SMILES string of the molecule is O=C(CC(=O)Nc1ccccc1F)NN=Cc1ccc(OCc2ccc(Cl)cc2)c(Br)c1. The number of ether oxygens (including phenoxy) is 1. The zero-order chi connectivity index (χ0) is 22.9. The zero-order valence-corrected chi connectivity index (χ0v) is 19.0. The second-order valence-electron chi connectivity index (χ2n) is 6.60. The fourth-order valence-corrected chi connectivity index (χ4v) is 3.21. The quantitative estimate of drug-likeness (QED) is 0.241. The number of amides is 2. The molecule has 0 aliphatic carbocycles. The first-order chi connectivity index (χ1) is 15.4. The van der Waals surface area contributed by atoms with Gasteiger partial charge in [-0.15, -0.1) is 0 Å². The Morgan fingerprint density at radius 1 is 1.06 bits per heavy atom. The minimum atomic E-state index is -0.646. The second kappa shape index (κ2) is 11.4. The predicted octanol–water partition coefficient (Wildman–Crippen LogP) is 5.30. The van der Waals surface area contributed by atoms with E-state index in [1.165, 1.54) is 24.4 Å². The Morgan fingerprint density at radius 2 is 1.81 bits per heavy atom. The fraction of sp³-hybridized carbons (Fsp3) is 0.0870. The summed E-state index contributed by atoms with van der Waals surface area (Å²) in [5.74, 6) is -1.21. The van der Waals surface area contributed by atoms with Crippen LogP contribution in [0.15, 0.2) is 76.3 Å². The highest BCUT2D eigenvalue weighted by Gasteiger charge is 2.11. The molecule has 2 N–H and O–H groups in total. The van der Waals surface area contributed by atoms with Crippen LogP contribution in [0.3, 0.4) is 0 Å². The monoisotopic (exact) mass is 517 g/mol. The van der Waals surface area contributed by atoms with Crippen molar-refractivity contribution in [2.45, 2.75) is 13.0 Å². The average molecular weight is 519 g/mol. The van der Waals surface area contributed by atoms with E-state index < -0.39 is 24.1 Å². The Bertz CT molecular complexity index is 1140. The van der Waals surface area contributed by atoms with Crippen LogP contribution in [0.25, 0.3) is 0 Å². The van der Waals surface area contributed by atoms with Crippen LogP contribution in [0.1, 0.15) is 17.5 Å². The largest absolute Gasteiger partial charge is 0.488 e. The number of para-hydroxylation sites is 1. The van der Waals surface area contributed by atoms with Gasteiger partial charge in [-0.2, -0.15) is 5.10 Å². The van der Waals surface area contributed by atoms with Crippen molar-refractivity contribution in [3.8, 4) is 5.75 Å². The van der Waals surface area contributed by atoms with Crippen LogP contribution in [0.2, 0.25) is 5.02 Å². The van der Waals surface area contributed by atoms with Gasteiger partial charge in [0, 0.05) is 5.02 Å². The van der Waals surface area contributed by atoms with E-state index in [0.717, 1.165) is 5.56 Å². The highest BCUT2D eigenvalue weighted by atomic mass is 79.9. The first-order valence-electron chi connectivity index (χ1n) is 9.44. The summed E-state index contributed by atoms with van der Waals surface area (Å²) >= 11 is 9.32. The minimum absolute atomic E-state index is 0.0111. The summed E-state index contributed by atoms with van der Waals surface area (Å²) in [5.41, 5.74) is 3.96. The van der Waals surface area contributed by atoms with Gasteiger partial charge in [0.05, 0.1) is 16.4 Å². The van der Waals surface area contributed by atoms with Crippen LogP contribution in [0.4, 0.5) is 10.1 Å². The summed E-state index contributed by atoms with van der Waals surface area (Å²) in [6, 6.07) is 18.4. The molecule has 0 aliphatic rings. The fourth-order valence-electron chi connectivity index (χ4n) is 2.58. The Labute approximate surface area is 197 Å². The maximum atomic E-state index is 13.5. The molecule has 164 valence electrons. The van der Waals surface area contributed by atoms with E-state index in [-0.39, 0.29) is 5.69 Å². The van der Waals surface area contributed by atoms with E-state index in [2.05, 4.69) is 31.8 Å². The number of hydrogen-bond acceptors (Lipinski definition) is 4. The van der Waals surface area contributed by atoms with Crippen LogP contribution in [-0.4, -0.2) is 18.0 Å². The van der Waals surface area contributed by atoms with Crippen LogP contribution in [0.5, 0.6) is 5.75 Å². The van der Waals surface area contributed by atoms with E-state index >= 15 is 0 Å². The maximum absolute atomic E-state index is 13.5. The van der Waals surface area contributed by atoms with Crippen molar-refractivity contribution < 1.29 is 18.7 Å². The van der Waals surface area contributed by atoms with Crippen molar-refractivity contribution in [1.29, 1.82) is 0 Å². The third-order valence-electron chi connectivity index (χ3n) is 4.14. The summed E-state index contributed by atoms with van der Waals surface area (Å²) in [6.07, 6.45) is 0.938. The highest BCUT2D eigenvalue weighted by molar-refractivity contribution is 9.10. The number of carbonyl (C=O) groups excluding carboxylic acids is 2. The Hall–Kier alpha value is -3.23. The number of carbonyl (C=O) groups is 2. The van der Waals surface area contributed by atoms with Crippen molar-refractivity contribution >= 4 is 51.2 Å². The molecule has 32 heavy (non-hydrogen) atoms. The molecule has 0 fully saturated rings. The molecular weight excluding hydrogens is 501 g/mol. The Morgan fingerprint density at radius 3 is 2.53 bits per heavy atom. The van der Waals surface area contributed by atoms with Gasteiger partial charge in [-0.3, -0.25) is 9.59 Å². The molecule has 0 aromatic heterocycles. The van der Waals surface area contributed by atoms with Crippen molar-refractivity contribution in [2.75, 3.05) is 5.32 Å². The lowest BCUT2D eigenvalue weighted by molar-refractivity contribution is -0.126. The number of nitrogens with zero attached hydrogens (tertiary/aromatic N) is 1. The molecule has 0 saturated carbocycles. The third kappa shape index (κ3) is 7.18. The van der Waals surface area contributed by atoms with Gasteiger partial charge in [-0.25, -0.2) is 9.82 Å². The summed E-state index contributed by atoms with van der Waals surface area (Å²) in [5, 5.41) is 6.84. The number of hydrogen-bond donors (Lipinski definition) is 2. The van der Waals surface area contributed by atoms with E-state index in [1.54, 1.807) is 36.4 Å². The molecule has 6 nitrogen and oxygen atoms in total. The Balaban J connectivity index is 1.47. The van der Waals surface area contributed by atoms with E-state index in [0.29, 0.717) is 27.4 Å². The van der Waals surface area contributed by atoms with Gasteiger partial charge >= 0.3 is 0 Å². The van der Waals surface area contributed by atoms with Gasteiger partial charge in [-0.05, 0) is 69.5 Å². The molecule has 0 bridgehead atoms. The number of nitrogens with one attached hydrogen (secondary N) is 2. The lowest BCUT2D eigenvalue weighted by atomic mass is 10.2. The third-order valence-corrected chi connectivity index (χ3v) is 5.01. The van der Waals surface area contributed by atoms with Gasteiger partial charge in [0.25, 0.3) is 0 Å². The van der Waals surface area contributed by atoms with Crippen molar-refractivity contribution in [2.24, 2.45) is 5.10 Å². The lowest BCUT2D eigenvalue weighted by Gasteiger charge is -2.09. The van der Waals surface area contributed by atoms with Crippen LogP contribution < -0.4 is 15.5 Å². The van der Waals surface area contributed by atoms with E-state index in [4.69, 9.17) is 16.3 Å². The second-order valence-corrected chi connectivity index (χ2v) is 7.89. The van der Waals surface area contributed by atoms with Gasteiger partial charge < -0.3 is 10.1 Å². The van der Waals surface area contributed by atoms with Gasteiger partial charge in [0.2, 0.25) is 11.8 Å². The number of benzene rings is 3. The highest BCUT2D eigenvalue weighted by Crippen LogP contribution is 2.26. The normalized spacial score (nSPS) is 10.7. The molecule has 3 aromatic rings. The van der Waals surface area contributed by atoms with Crippen molar-refractivity contribution in [3.05, 3.63) is 93.2 Å². The molecule has 0 atom stereocenters. The molecule has 0 aliphatic heterocycles. The minimum Gasteiger partial charge on any atom is -0.488 e. The molecular formula is C23H18BrClFN3O3. The summed E-state index contributed by atoms with van der Waals surface area (Å²) < 4.78 is 20.0. The molecule has 0 heterocycles. The van der Waals surface area contributed by atoms with Crippen molar-refractivity contribution in [1.82, 2.24) is 5.43 Å². The number of rotatable bonds is 8. The van der Waals surface area contributed by atoms with E-state index in [9.17, 15) is 14.0 Å². The van der Waals surface area contributed by atoms with Gasteiger partial charge in [0.15, 0.2) is 0 Å². The van der Waals surface area contributed by atoms with Crippen molar-refractivity contribution in [3.63, 3.8) is 0 Å². The molecule has 0 saturated heterocycles. The number of hydrazone groups is 1. The first kappa shape index (κ1) is 23.4. The topological polar surface area (TPSA) is 79.8 Å². The number of anilines is 1. The maximum Gasteiger partial charge on any atom is 0.249 e. The van der Waals surface area contributed by atoms with Crippen LogP contribution in [0, 0.1) is 5.82 Å². The zero-order valence-electron chi connectivity index (χ0n) is 16.6. The Kier molecular flexibility index (Phi) is 8.35. The molecule has 3 rings (SSSR count). The average Bonchev–Trinajstić information content (AvgIpc) is 2.76. The summed E-state index contributed by atoms with van der Waals surface area (Å²) in [4.78, 5) is 23.7.